The number of carbonyl (C=O) groups is 1. The number of anilines is 1. The molecule has 0 aliphatic rings. The van der Waals surface area contributed by atoms with Crippen LogP contribution in [0, 0.1) is 10.5 Å². The van der Waals surface area contributed by atoms with E-state index in [1.807, 2.05) is 48.5 Å². The topological polar surface area (TPSA) is 64.0 Å². The molecule has 6 heteroatoms. The minimum absolute atomic E-state index is 0.135. The Morgan fingerprint density at radius 3 is 2.57 bits per heavy atom. The summed E-state index contributed by atoms with van der Waals surface area (Å²) < 4.78 is 2.43. The van der Waals surface area contributed by atoms with Crippen molar-refractivity contribution in [2.45, 2.75) is 6.92 Å². The fourth-order valence-electron chi connectivity index (χ4n) is 3.11. The number of hydrogen-bond donors (Lipinski definition) is 1. The summed E-state index contributed by atoms with van der Waals surface area (Å²) in [5, 5.41) is 3.46. The summed E-state index contributed by atoms with van der Waals surface area (Å²) in [5.74, 6) is 0.396. The average Bonchev–Trinajstić information content (AvgIpc) is 2.68. The molecule has 0 aliphatic heterocycles. The summed E-state index contributed by atoms with van der Waals surface area (Å²) in [7, 11) is 0. The third-order valence-corrected chi connectivity index (χ3v) is 5.36. The largest absolute Gasteiger partial charge is 0.322 e. The van der Waals surface area contributed by atoms with Crippen molar-refractivity contribution in [2.24, 2.45) is 0 Å². The molecule has 1 aromatic heterocycles. The number of nitrogens with one attached hydrogen (secondary N) is 1. The van der Waals surface area contributed by atoms with Gasteiger partial charge in [-0.2, -0.15) is 0 Å². The van der Waals surface area contributed by atoms with E-state index < -0.39 is 0 Å². The molecule has 0 fully saturated rings. The van der Waals surface area contributed by atoms with E-state index in [0.29, 0.717) is 33.7 Å². The van der Waals surface area contributed by atoms with Crippen molar-refractivity contribution >= 4 is 45.1 Å². The van der Waals surface area contributed by atoms with Crippen molar-refractivity contribution in [3.05, 3.63) is 98.1 Å². The number of halogens is 1. The minimum Gasteiger partial charge on any atom is -0.322 e. The molecule has 1 heterocycles. The van der Waals surface area contributed by atoms with E-state index in [1.165, 1.54) is 0 Å². The van der Waals surface area contributed by atoms with Crippen LogP contribution >= 0.6 is 22.6 Å². The Morgan fingerprint density at radius 2 is 1.75 bits per heavy atom. The Labute approximate surface area is 175 Å². The normalized spacial score (nSPS) is 10.8. The standard InChI is InChI=1S/C22H16IN3O2/c1-14-24-20-12-5-3-10-18(20)22(28)26(14)16-8-6-7-15(13-16)25-21(27)17-9-2-4-11-19(17)23/h2-13H,1H3,(H,25,27). The molecule has 4 aromatic rings. The Hall–Kier alpha value is -3.00. The van der Waals surface area contributed by atoms with Gasteiger partial charge >= 0.3 is 0 Å². The number of benzene rings is 3. The van der Waals surface area contributed by atoms with Crippen molar-refractivity contribution in [1.82, 2.24) is 9.55 Å². The second kappa shape index (κ2) is 7.55. The number of amides is 1. The lowest BCUT2D eigenvalue weighted by atomic mass is 10.2. The van der Waals surface area contributed by atoms with Crippen LogP contribution in [0.15, 0.2) is 77.6 Å². The van der Waals surface area contributed by atoms with E-state index in [1.54, 1.807) is 35.8 Å². The van der Waals surface area contributed by atoms with Gasteiger partial charge < -0.3 is 5.32 Å². The first-order valence-electron chi connectivity index (χ1n) is 8.69. The third-order valence-electron chi connectivity index (χ3n) is 4.42. The first-order chi connectivity index (χ1) is 13.5. The zero-order valence-corrected chi connectivity index (χ0v) is 17.2. The molecule has 0 atom stereocenters. The molecule has 3 aromatic carbocycles. The fraction of sp³-hybridized carbons (Fsp3) is 0.0455. The molecule has 0 radical (unpaired) electrons. The molecule has 0 bridgehead atoms. The molecular weight excluding hydrogens is 465 g/mol. The van der Waals surface area contributed by atoms with Crippen molar-refractivity contribution in [1.29, 1.82) is 0 Å². The summed E-state index contributed by atoms with van der Waals surface area (Å²) in [5.41, 5.74) is 2.41. The molecule has 0 unspecified atom stereocenters. The predicted molar refractivity (Wildman–Crippen MR) is 119 cm³/mol. The molecule has 138 valence electrons. The number of carbonyl (C=O) groups excluding carboxylic acids is 1. The SMILES string of the molecule is Cc1nc2ccccc2c(=O)n1-c1cccc(NC(=O)c2ccccc2I)c1. The van der Waals surface area contributed by atoms with Gasteiger partial charge in [0, 0.05) is 9.26 Å². The van der Waals surface area contributed by atoms with Gasteiger partial charge in [0.05, 0.1) is 22.2 Å². The number of para-hydroxylation sites is 1. The van der Waals surface area contributed by atoms with Crippen LogP contribution in [0.4, 0.5) is 5.69 Å². The van der Waals surface area contributed by atoms with Crippen LogP contribution in [0.3, 0.4) is 0 Å². The van der Waals surface area contributed by atoms with E-state index in [0.717, 1.165) is 3.57 Å². The molecular formula is C22H16IN3O2. The first-order valence-corrected chi connectivity index (χ1v) is 9.77. The van der Waals surface area contributed by atoms with Crippen molar-refractivity contribution < 1.29 is 4.79 Å². The minimum atomic E-state index is -0.192. The van der Waals surface area contributed by atoms with Gasteiger partial charge in [-0.3, -0.25) is 14.2 Å². The van der Waals surface area contributed by atoms with Crippen molar-refractivity contribution in [3.8, 4) is 5.69 Å². The van der Waals surface area contributed by atoms with Crippen molar-refractivity contribution in [2.75, 3.05) is 5.32 Å². The summed E-state index contributed by atoms with van der Waals surface area (Å²) in [4.78, 5) is 30.1. The zero-order chi connectivity index (χ0) is 19.7. The van der Waals surface area contributed by atoms with E-state index in [9.17, 15) is 9.59 Å². The highest BCUT2D eigenvalue weighted by Crippen LogP contribution is 2.19. The number of aromatic nitrogens is 2. The Bertz CT molecular complexity index is 1260. The lowest BCUT2D eigenvalue weighted by molar-refractivity contribution is 0.102. The molecule has 1 N–H and O–H groups in total. The van der Waals surface area contributed by atoms with Gasteiger partial charge in [-0.05, 0) is 72.0 Å². The van der Waals surface area contributed by atoms with Crippen LogP contribution in [0.25, 0.3) is 16.6 Å². The van der Waals surface area contributed by atoms with Gasteiger partial charge in [-0.25, -0.2) is 4.98 Å². The van der Waals surface area contributed by atoms with Crippen LogP contribution in [-0.4, -0.2) is 15.5 Å². The maximum Gasteiger partial charge on any atom is 0.265 e. The maximum absolute atomic E-state index is 13.0. The number of aryl methyl sites for hydroxylation is 1. The number of hydrogen-bond acceptors (Lipinski definition) is 3. The molecule has 4 rings (SSSR count). The summed E-state index contributed by atoms with van der Waals surface area (Å²) in [6.45, 7) is 1.80. The summed E-state index contributed by atoms with van der Waals surface area (Å²) in [6.07, 6.45) is 0. The van der Waals surface area contributed by atoms with Gasteiger partial charge in [0.1, 0.15) is 5.82 Å². The number of rotatable bonds is 3. The Morgan fingerprint density at radius 1 is 1.00 bits per heavy atom. The van der Waals surface area contributed by atoms with Crippen LogP contribution in [0.2, 0.25) is 0 Å². The molecule has 0 saturated carbocycles. The van der Waals surface area contributed by atoms with Gasteiger partial charge in [-0.1, -0.05) is 30.3 Å². The van der Waals surface area contributed by atoms with Crippen LogP contribution in [0.5, 0.6) is 0 Å². The van der Waals surface area contributed by atoms with Crippen molar-refractivity contribution in [3.63, 3.8) is 0 Å². The maximum atomic E-state index is 13.0. The van der Waals surface area contributed by atoms with Crippen LogP contribution in [0.1, 0.15) is 16.2 Å². The molecule has 0 saturated heterocycles. The van der Waals surface area contributed by atoms with Crippen LogP contribution in [-0.2, 0) is 0 Å². The van der Waals surface area contributed by atoms with E-state index in [2.05, 4.69) is 32.9 Å². The highest BCUT2D eigenvalue weighted by molar-refractivity contribution is 14.1. The fourth-order valence-corrected chi connectivity index (χ4v) is 3.75. The third kappa shape index (κ3) is 3.43. The monoisotopic (exact) mass is 481 g/mol. The second-order valence-electron chi connectivity index (χ2n) is 6.30. The van der Waals surface area contributed by atoms with Crippen LogP contribution < -0.4 is 10.9 Å². The average molecular weight is 481 g/mol. The highest BCUT2D eigenvalue weighted by Gasteiger charge is 2.12. The summed E-state index contributed by atoms with van der Waals surface area (Å²) >= 11 is 2.14. The zero-order valence-electron chi connectivity index (χ0n) is 15.0. The van der Waals surface area contributed by atoms with E-state index in [-0.39, 0.29) is 11.5 Å². The van der Waals surface area contributed by atoms with Gasteiger partial charge in [-0.15, -0.1) is 0 Å². The Kier molecular flexibility index (Phi) is 4.95. The molecule has 0 spiro atoms. The smallest absolute Gasteiger partial charge is 0.265 e. The molecule has 5 nitrogen and oxygen atoms in total. The number of fused-ring (bicyclic) bond motifs is 1. The highest BCUT2D eigenvalue weighted by atomic mass is 127. The van der Waals surface area contributed by atoms with Gasteiger partial charge in [0.25, 0.3) is 11.5 Å². The van der Waals surface area contributed by atoms with E-state index in [4.69, 9.17) is 0 Å². The predicted octanol–water partition coefficient (Wildman–Crippen LogP) is 4.55. The second-order valence-corrected chi connectivity index (χ2v) is 7.46. The first kappa shape index (κ1) is 18.4. The van der Waals surface area contributed by atoms with E-state index >= 15 is 0 Å². The lowest BCUT2D eigenvalue weighted by Gasteiger charge is -2.13. The summed E-state index contributed by atoms with van der Waals surface area (Å²) in [6, 6.07) is 21.9. The molecule has 0 aliphatic carbocycles. The quantitative estimate of drug-likeness (QED) is 0.437. The Balaban J connectivity index is 1.74. The lowest BCUT2D eigenvalue weighted by Crippen LogP contribution is -2.22. The number of nitrogens with zero attached hydrogens (tertiary/aromatic N) is 2. The van der Waals surface area contributed by atoms with Gasteiger partial charge in [0.2, 0.25) is 0 Å². The van der Waals surface area contributed by atoms with Gasteiger partial charge in [0.15, 0.2) is 0 Å². The molecule has 1 amide bonds. The molecule has 28 heavy (non-hydrogen) atoms.